The second-order valence-corrected chi connectivity index (χ2v) is 8.25. The van der Waals surface area contributed by atoms with Crippen molar-refractivity contribution < 1.29 is 14.3 Å². The largest absolute Gasteiger partial charge is 0.466 e. The Hall–Kier alpha value is -2.82. The number of ketones is 1. The maximum Gasteiger partial charge on any atom is 0.336 e. The molecule has 2 N–H and O–H groups in total. The number of allylic oxidation sites excluding steroid dienone is 3. The number of dihydropyridines is 1. The lowest BCUT2D eigenvalue weighted by Crippen LogP contribution is -2.38. The number of esters is 1. The van der Waals surface area contributed by atoms with Gasteiger partial charge in [-0.25, -0.2) is 4.79 Å². The predicted octanol–water partition coefficient (Wildman–Crippen LogP) is 3.94. The van der Waals surface area contributed by atoms with Crippen LogP contribution in [0.3, 0.4) is 0 Å². The molecular formula is C22H24N2O3. The number of hydrogen-bond donors (Lipinski definition) is 2. The van der Waals surface area contributed by atoms with E-state index in [0.717, 1.165) is 34.3 Å². The molecule has 2 heterocycles. The second-order valence-electron chi connectivity index (χ2n) is 8.25. The number of H-pyrrole nitrogens is 1. The van der Waals surface area contributed by atoms with Crippen LogP contribution in [0.2, 0.25) is 0 Å². The lowest BCUT2D eigenvalue weighted by molar-refractivity contribution is -0.136. The molecule has 2 aliphatic rings. The summed E-state index contributed by atoms with van der Waals surface area (Å²) in [5, 5.41) is 4.39. The average molecular weight is 364 g/mol. The van der Waals surface area contributed by atoms with Crippen LogP contribution in [0.1, 0.15) is 45.1 Å². The number of aromatic amines is 1. The van der Waals surface area contributed by atoms with Crippen LogP contribution in [0, 0.1) is 5.41 Å². The first kappa shape index (κ1) is 17.6. The molecule has 0 bridgehead atoms. The van der Waals surface area contributed by atoms with Crippen LogP contribution < -0.4 is 5.32 Å². The van der Waals surface area contributed by atoms with Gasteiger partial charge in [-0.3, -0.25) is 4.79 Å². The van der Waals surface area contributed by atoms with Gasteiger partial charge in [-0.05, 0) is 47.9 Å². The maximum absolute atomic E-state index is 13.1. The predicted molar refractivity (Wildman–Crippen MR) is 104 cm³/mol. The molecule has 0 unspecified atom stereocenters. The van der Waals surface area contributed by atoms with E-state index in [4.69, 9.17) is 4.74 Å². The fraction of sp³-hybridized carbons (Fsp3) is 0.364. The minimum atomic E-state index is -0.406. The van der Waals surface area contributed by atoms with Gasteiger partial charge in [0, 0.05) is 41.0 Å². The third-order valence-electron chi connectivity index (χ3n) is 5.56. The third kappa shape index (κ3) is 2.87. The summed E-state index contributed by atoms with van der Waals surface area (Å²) in [7, 11) is 1.38. The highest BCUT2D eigenvalue weighted by atomic mass is 16.5. The molecule has 4 rings (SSSR count). The molecule has 0 saturated heterocycles. The number of fused-ring (bicyclic) bond motifs is 1. The minimum absolute atomic E-state index is 0.0961. The van der Waals surface area contributed by atoms with Gasteiger partial charge in [-0.1, -0.05) is 19.9 Å². The summed E-state index contributed by atoms with van der Waals surface area (Å²) < 4.78 is 5.06. The fourth-order valence-electron chi connectivity index (χ4n) is 4.40. The van der Waals surface area contributed by atoms with Crippen molar-refractivity contribution in [3.05, 3.63) is 58.6 Å². The van der Waals surface area contributed by atoms with E-state index < -0.39 is 11.9 Å². The fourth-order valence-corrected chi connectivity index (χ4v) is 4.40. The van der Waals surface area contributed by atoms with E-state index in [0.29, 0.717) is 17.6 Å². The average Bonchev–Trinajstić information content (AvgIpc) is 3.06. The van der Waals surface area contributed by atoms with Crippen LogP contribution >= 0.6 is 0 Å². The van der Waals surface area contributed by atoms with Gasteiger partial charge in [0.25, 0.3) is 0 Å². The van der Waals surface area contributed by atoms with Crippen molar-refractivity contribution >= 4 is 22.7 Å². The number of methoxy groups -OCH3 is 1. The van der Waals surface area contributed by atoms with E-state index in [1.54, 1.807) is 0 Å². The maximum atomic E-state index is 13.1. The van der Waals surface area contributed by atoms with Crippen molar-refractivity contribution in [1.29, 1.82) is 0 Å². The molecule has 0 amide bonds. The number of aromatic nitrogens is 1. The number of Topliss-reactive ketones (excluding diaryl/α,β-unsaturated/α-hetero) is 1. The van der Waals surface area contributed by atoms with Crippen molar-refractivity contribution in [1.82, 2.24) is 10.3 Å². The Bertz CT molecular complexity index is 1020. The van der Waals surface area contributed by atoms with E-state index in [1.165, 1.54) is 7.11 Å². The second kappa shape index (κ2) is 6.12. The Morgan fingerprint density at radius 1 is 1.22 bits per heavy atom. The van der Waals surface area contributed by atoms with Gasteiger partial charge in [0.15, 0.2) is 5.78 Å². The minimum Gasteiger partial charge on any atom is -0.466 e. The zero-order valence-corrected chi connectivity index (χ0v) is 16.1. The molecule has 27 heavy (non-hydrogen) atoms. The molecule has 2 aromatic rings. The first-order valence-corrected chi connectivity index (χ1v) is 9.20. The molecule has 1 atom stereocenters. The van der Waals surface area contributed by atoms with E-state index in [2.05, 4.69) is 30.2 Å². The van der Waals surface area contributed by atoms with Crippen molar-refractivity contribution in [3.63, 3.8) is 0 Å². The Labute approximate surface area is 158 Å². The summed E-state index contributed by atoms with van der Waals surface area (Å²) >= 11 is 0. The zero-order valence-electron chi connectivity index (χ0n) is 16.1. The summed E-state index contributed by atoms with van der Waals surface area (Å²) in [6.45, 7) is 6.09. The number of ether oxygens (including phenoxy) is 1. The number of carbonyl (C=O) groups excluding carboxylic acids is 2. The van der Waals surface area contributed by atoms with Gasteiger partial charge in [-0.15, -0.1) is 0 Å². The smallest absolute Gasteiger partial charge is 0.336 e. The number of hydrogen-bond acceptors (Lipinski definition) is 4. The molecule has 1 aromatic heterocycles. The molecule has 1 aliphatic carbocycles. The summed E-state index contributed by atoms with van der Waals surface area (Å²) in [6.07, 6.45) is 3.14. The number of rotatable bonds is 2. The van der Waals surface area contributed by atoms with Crippen LogP contribution in [-0.4, -0.2) is 23.8 Å². The van der Waals surface area contributed by atoms with Gasteiger partial charge in [0.2, 0.25) is 0 Å². The normalized spacial score (nSPS) is 21.9. The van der Waals surface area contributed by atoms with E-state index in [-0.39, 0.29) is 11.2 Å². The molecule has 0 radical (unpaired) electrons. The van der Waals surface area contributed by atoms with E-state index in [9.17, 15) is 9.59 Å². The van der Waals surface area contributed by atoms with Crippen molar-refractivity contribution in [2.75, 3.05) is 7.11 Å². The summed E-state index contributed by atoms with van der Waals surface area (Å²) in [6, 6.07) is 8.03. The van der Waals surface area contributed by atoms with Crippen LogP contribution in [0.25, 0.3) is 10.9 Å². The zero-order chi connectivity index (χ0) is 19.3. The molecule has 0 saturated carbocycles. The van der Waals surface area contributed by atoms with Crippen LogP contribution in [0.5, 0.6) is 0 Å². The topological polar surface area (TPSA) is 71.2 Å². The number of nitrogens with one attached hydrogen (secondary N) is 2. The highest BCUT2D eigenvalue weighted by molar-refractivity contribution is 6.04. The van der Waals surface area contributed by atoms with Gasteiger partial charge in [0.05, 0.1) is 12.7 Å². The number of carbonyl (C=O) groups is 2. The van der Waals surface area contributed by atoms with E-state index in [1.807, 2.05) is 31.3 Å². The van der Waals surface area contributed by atoms with Gasteiger partial charge in [0.1, 0.15) is 0 Å². The highest BCUT2D eigenvalue weighted by Gasteiger charge is 2.43. The van der Waals surface area contributed by atoms with Crippen LogP contribution in [0.15, 0.2) is 53.0 Å². The highest BCUT2D eigenvalue weighted by Crippen LogP contribution is 2.47. The van der Waals surface area contributed by atoms with E-state index >= 15 is 0 Å². The number of benzene rings is 1. The molecule has 5 heteroatoms. The van der Waals surface area contributed by atoms with Gasteiger partial charge in [-0.2, -0.15) is 0 Å². The third-order valence-corrected chi connectivity index (χ3v) is 5.56. The van der Waals surface area contributed by atoms with Gasteiger partial charge >= 0.3 is 5.97 Å². The van der Waals surface area contributed by atoms with Crippen LogP contribution in [0.4, 0.5) is 0 Å². The standard InChI is InChI=1S/C22H24N2O3/c1-12-18(21(26)27-4)19(14-5-6-15-13(9-14)7-8-23-15)20-16(24-12)10-22(2,3)11-17(20)25/h5-9,19,23-24H,10-11H2,1-4H3/t19-/m0/s1. The summed E-state index contributed by atoms with van der Waals surface area (Å²) in [5.41, 5.74) is 4.77. The van der Waals surface area contributed by atoms with Gasteiger partial charge < -0.3 is 15.0 Å². The lowest BCUT2D eigenvalue weighted by atomic mass is 9.68. The first-order valence-electron chi connectivity index (χ1n) is 9.20. The molecule has 1 aromatic carbocycles. The molecule has 0 spiro atoms. The van der Waals surface area contributed by atoms with Crippen molar-refractivity contribution in [3.8, 4) is 0 Å². The lowest BCUT2D eigenvalue weighted by Gasteiger charge is -2.39. The van der Waals surface area contributed by atoms with Crippen LogP contribution in [-0.2, 0) is 14.3 Å². The molecule has 5 nitrogen and oxygen atoms in total. The SMILES string of the molecule is COC(=O)C1=C(C)NC2=C(C(=O)CC(C)(C)C2)[C@H]1c1ccc2[nH]ccc2c1. The summed E-state index contributed by atoms with van der Waals surface area (Å²) in [4.78, 5) is 28.9. The Balaban J connectivity index is 1.93. The van der Waals surface area contributed by atoms with Crippen molar-refractivity contribution in [2.24, 2.45) is 5.41 Å². The molecular weight excluding hydrogens is 340 g/mol. The molecule has 0 fully saturated rings. The molecule has 1 aliphatic heterocycles. The quantitative estimate of drug-likeness (QED) is 0.792. The first-order chi connectivity index (χ1) is 12.8. The Kier molecular flexibility index (Phi) is 3.98. The Morgan fingerprint density at radius 2 is 2.00 bits per heavy atom. The molecule has 140 valence electrons. The summed E-state index contributed by atoms with van der Waals surface area (Å²) in [5.74, 6) is -0.707. The monoisotopic (exact) mass is 364 g/mol. The Morgan fingerprint density at radius 3 is 2.74 bits per heavy atom. The van der Waals surface area contributed by atoms with Crippen molar-refractivity contribution in [2.45, 2.75) is 39.5 Å².